The van der Waals surface area contributed by atoms with Crippen molar-refractivity contribution in [2.75, 3.05) is 19.7 Å². The van der Waals surface area contributed by atoms with Gasteiger partial charge in [-0.05, 0) is 32.2 Å². The highest BCUT2D eigenvalue weighted by molar-refractivity contribution is 4.90. The Morgan fingerprint density at radius 1 is 1.56 bits per heavy atom. The van der Waals surface area contributed by atoms with Crippen LogP contribution in [0.25, 0.3) is 0 Å². The van der Waals surface area contributed by atoms with Gasteiger partial charge in [0.2, 0.25) is 11.8 Å². The predicted octanol–water partition coefficient (Wildman–Crippen LogP) is 1.14. The number of aliphatic hydroxyl groups excluding tert-OH is 1. The van der Waals surface area contributed by atoms with Crippen molar-refractivity contribution in [1.82, 2.24) is 15.1 Å². The first-order valence-electron chi connectivity index (χ1n) is 5.85. The second-order valence-electron chi connectivity index (χ2n) is 4.52. The number of likely N-dealkylation sites (tertiary alicyclic amines) is 1. The van der Waals surface area contributed by atoms with Gasteiger partial charge in [-0.1, -0.05) is 0 Å². The van der Waals surface area contributed by atoms with Crippen LogP contribution in [0.1, 0.15) is 37.6 Å². The van der Waals surface area contributed by atoms with Gasteiger partial charge in [0.15, 0.2) is 0 Å². The van der Waals surface area contributed by atoms with Gasteiger partial charge in [0.05, 0.1) is 6.04 Å². The number of aryl methyl sites for hydroxylation is 1. The summed E-state index contributed by atoms with van der Waals surface area (Å²) in [7, 11) is 0. The molecule has 1 aromatic rings. The molecule has 5 heteroatoms. The largest absolute Gasteiger partial charge is 0.424 e. The van der Waals surface area contributed by atoms with E-state index in [-0.39, 0.29) is 12.6 Å². The van der Waals surface area contributed by atoms with Gasteiger partial charge < -0.3 is 9.52 Å². The molecule has 1 fully saturated rings. The van der Waals surface area contributed by atoms with E-state index in [2.05, 4.69) is 22.0 Å². The molecule has 1 N–H and O–H groups in total. The first-order valence-corrected chi connectivity index (χ1v) is 5.85. The van der Waals surface area contributed by atoms with E-state index in [1.807, 2.05) is 0 Å². The highest BCUT2D eigenvalue weighted by Gasteiger charge is 2.26. The van der Waals surface area contributed by atoms with Gasteiger partial charge in [0.1, 0.15) is 0 Å². The van der Waals surface area contributed by atoms with E-state index in [4.69, 9.17) is 4.42 Å². The van der Waals surface area contributed by atoms with Crippen LogP contribution in [0.2, 0.25) is 0 Å². The average molecular weight is 225 g/mol. The van der Waals surface area contributed by atoms with E-state index < -0.39 is 0 Å². The first-order chi connectivity index (χ1) is 7.70. The lowest BCUT2D eigenvalue weighted by Crippen LogP contribution is -2.38. The Balaban J connectivity index is 2.01. The minimum atomic E-state index is 0.149. The Morgan fingerprint density at radius 3 is 3.00 bits per heavy atom. The lowest BCUT2D eigenvalue weighted by Gasteiger charge is -2.34. The molecule has 90 valence electrons. The van der Waals surface area contributed by atoms with Crippen molar-refractivity contribution in [3.8, 4) is 0 Å². The monoisotopic (exact) mass is 225 g/mol. The molecule has 1 aliphatic heterocycles. The molecular formula is C11H19N3O2. The standard InChI is InChI=1S/C11H19N3O2/c1-8(11-13-12-9(2)16-11)14-5-3-4-10(6-14)7-15/h8,10,15H,3-7H2,1-2H3. The van der Waals surface area contributed by atoms with Crippen LogP contribution in [-0.2, 0) is 0 Å². The van der Waals surface area contributed by atoms with E-state index in [1.165, 1.54) is 0 Å². The molecule has 16 heavy (non-hydrogen) atoms. The third-order valence-electron chi connectivity index (χ3n) is 3.26. The summed E-state index contributed by atoms with van der Waals surface area (Å²) >= 11 is 0. The molecule has 0 spiro atoms. The lowest BCUT2D eigenvalue weighted by molar-refractivity contribution is 0.0833. The molecular weight excluding hydrogens is 206 g/mol. The Bertz CT molecular complexity index is 340. The van der Waals surface area contributed by atoms with Crippen molar-refractivity contribution in [3.63, 3.8) is 0 Å². The van der Waals surface area contributed by atoms with E-state index in [0.717, 1.165) is 25.9 Å². The Labute approximate surface area is 95.5 Å². The van der Waals surface area contributed by atoms with Crippen molar-refractivity contribution in [2.24, 2.45) is 5.92 Å². The highest BCUT2D eigenvalue weighted by atomic mass is 16.4. The Morgan fingerprint density at radius 2 is 2.38 bits per heavy atom. The zero-order chi connectivity index (χ0) is 11.5. The van der Waals surface area contributed by atoms with Crippen molar-refractivity contribution in [1.29, 1.82) is 0 Å². The van der Waals surface area contributed by atoms with E-state index in [1.54, 1.807) is 6.92 Å². The number of hydrogen-bond acceptors (Lipinski definition) is 5. The van der Waals surface area contributed by atoms with Gasteiger partial charge >= 0.3 is 0 Å². The fourth-order valence-corrected chi connectivity index (χ4v) is 2.23. The summed E-state index contributed by atoms with van der Waals surface area (Å²) in [6.45, 7) is 6.10. The van der Waals surface area contributed by atoms with E-state index >= 15 is 0 Å². The molecule has 5 nitrogen and oxygen atoms in total. The minimum Gasteiger partial charge on any atom is -0.424 e. The van der Waals surface area contributed by atoms with Crippen LogP contribution in [0, 0.1) is 12.8 Å². The van der Waals surface area contributed by atoms with Gasteiger partial charge in [-0.25, -0.2) is 0 Å². The van der Waals surface area contributed by atoms with Crippen LogP contribution < -0.4 is 0 Å². The minimum absolute atomic E-state index is 0.149. The second kappa shape index (κ2) is 4.93. The number of piperidine rings is 1. The van der Waals surface area contributed by atoms with Crippen LogP contribution in [0.4, 0.5) is 0 Å². The molecule has 0 bridgehead atoms. The molecule has 0 amide bonds. The van der Waals surface area contributed by atoms with Crippen LogP contribution >= 0.6 is 0 Å². The van der Waals surface area contributed by atoms with Crippen molar-refractivity contribution >= 4 is 0 Å². The molecule has 0 saturated carbocycles. The van der Waals surface area contributed by atoms with Crippen LogP contribution in [-0.4, -0.2) is 39.9 Å². The summed E-state index contributed by atoms with van der Waals surface area (Å²) in [4.78, 5) is 2.30. The Kier molecular flexibility index (Phi) is 3.56. The fourth-order valence-electron chi connectivity index (χ4n) is 2.23. The molecule has 1 aromatic heterocycles. The van der Waals surface area contributed by atoms with E-state index in [0.29, 0.717) is 17.7 Å². The highest BCUT2D eigenvalue weighted by Crippen LogP contribution is 2.25. The smallest absolute Gasteiger partial charge is 0.233 e. The van der Waals surface area contributed by atoms with E-state index in [9.17, 15) is 5.11 Å². The van der Waals surface area contributed by atoms with Gasteiger partial charge in [-0.2, -0.15) is 0 Å². The molecule has 2 heterocycles. The summed E-state index contributed by atoms with van der Waals surface area (Å²) in [5, 5.41) is 17.1. The summed E-state index contributed by atoms with van der Waals surface area (Å²) < 4.78 is 5.44. The quantitative estimate of drug-likeness (QED) is 0.836. The second-order valence-corrected chi connectivity index (χ2v) is 4.52. The molecule has 0 radical (unpaired) electrons. The third kappa shape index (κ3) is 2.41. The fraction of sp³-hybridized carbons (Fsp3) is 0.818. The number of aliphatic hydroxyl groups is 1. The third-order valence-corrected chi connectivity index (χ3v) is 3.26. The molecule has 1 aliphatic rings. The van der Waals surface area contributed by atoms with Crippen molar-refractivity contribution in [2.45, 2.75) is 32.7 Å². The summed E-state index contributed by atoms with van der Waals surface area (Å²) in [5.41, 5.74) is 0. The van der Waals surface area contributed by atoms with Crippen molar-refractivity contribution in [3.05, 3.63) is 11.8 Å². The number of rotatable bonds is 3. The maximum absolute atomic E-state index is 9.19. The molecule has 1 saturated heterocycles. The zero-order valence-electron chi connectivity index (χ0n) is 9.89. The van der Waals surface area contributed by atoms with Gasteiger partial charge in [0, 0.05) is 20.1 Å². The zero-order valence-corrected chi connectivity index (χ0v) is 9.89. The number of aromatic nitrogens is 2. The van der Waals surface area contributed by atoms with Crippen LogP contribution in [0.5, 0.6) is 0 Å². The summed E-state index contributed by atoms with van der Waals surface area (Å²) in [6, 6.07) is 0.149. The summed E-state index contributed by atoms with van der Waals surface area (Å²) in [5.74, 6) is 1.67. The van der Waals surface area contributed by atoms with Gasteiger partial charge in [-0.3, -0.25) is 4.90 Å². The maximum atomic E-state index is 9.19. The first kappa shape index (κ1) is 11.5. The van der Waals surface area contributed by atoms with Gasteiger partial charge in [0.25, 0.3) is 0 Å². The molecule has 2 rings (SSSR count). The summed E-state index contributed by atoms with van der Waals surface area (Å²) in [6.07, 6.45) is 2.24. The normalized spacial score (nSPS) is 24.6. The molecule has 2 atom stereocenters. The Hall–Kier alpha value is -0.940. The lowest BCUT2D eigenvalue weighted by atomic mass is 9.98. The van der Waals surface area contributed by atoms with Crippen LogP contribution in [0.3, 0.4) is 0 Å². The maximum Gasteiger partial charge on any atom is 0.233 e. The predicted molar refractivity (Wildman–Crippen MR) is 58.8 cm³/mol. The van der Waals surface area contributed by atoms with Crippen molar-refractivity contribution < 1.29 is 9.52 Å². The van der Waals surface area contributed by atoms with Crippen LogP contribution in [0.15, 0.2) is 4.42 Å². The topological polar surface area (TPSA) is 62.4 Å². The molecule has 0 aromatic carbocycles. The molecule has 0 aliphatic carbocycles. The number of hydrogen-bond donors (Lipinski definition) is 1. The SMILES string of the molecule is Cc1nnc(C(C)N2CCCC(CO)C2)o1. The van der Waals surface area contributed by atoms with Gasteiger partial charge in [-0.15, -0.1) is 10.2 Å². The number of nitrogens with zero attached hydrogens (tertiary/aromatic N) is 3. The molecule has 2 unspecified atom stereocenters. The average Bonchev–Trinajstić information content (AvgIpc) is 2.75.